The normalized spacial score (nSPS) is 51.0. The summed E-state index contributed by atoms with van der Waals surface area (Å²) in [6.07, 6.45) is 9.41. The van der Waals surface area contributed by atoms with E-state index >= 15 is 0 Å². The van der Waals surface area contributed by atoms with Gasteiger partial charge in [0.05, 0.1) is 17.3 Å². The Kier molecular flexibility index (Phi) is 6.16. The number of hydrogen-bond acceptors (Lipinski definition) is 4. The van der Waals surface area contributed by atoms with E-state index in [0.29, 0.717) is 36.0 Å². The van der Waals surface area contributed by atoms with Crippen LogP contribution in [0.15, 0.2) is 0 Å². The Morgan fingerprint density at radius 2 is 1.65 bits per heavy atom. The van der Waals surface area contributed by atoms with E-state index in [1.54, 1.807) is 0 Å². The van der Waals surface area contributed by atoms with Crippen LogP contribution in [-0.2, 0) is 0 Å². The van der Waals surface area contributed by atoms with Crippen molar-refractivity contribution in [3.63, 3.8) is 0 Å². The monoisotopic (exact) mass is 436 g/mol. The molecule has 0 heterocycles. The molecule has 0 aromatic heterocycles. The summed E-state index contributed by atoms with van der Waals surface area (Å²) in [5.74, 6) is 3.26. The Morgan fingerprint density at radius 3 is 2.32 bits per heavy atom. The average molecular weight is 437 g/mol. The van der Waals surface area contributed by atoms with Crippen LogP contribution in [0.3, 0.4) is 0 Å². The highest BCUT2D eigenvalue weighted by molar-refractivity contribution is 5.17. The molecule has 4 nitrogen and oxygen atoms in total. The van der Waals surface area contributed by atoms with E-state index in [9.17, 15) is 20.4 Å². The molecule has 0 spiro atoms. The maximum absolute atomic E-state index is 11.6. The molecule has 31 heavy (non-hydrogen) atoms. The Hall–Kier alpha value is -0.160. The minimum atomic E-state index is -1.14. The maximum Gasteiger partial charge on any atom is 0.109 e. The summed E-state index contributed by atoms with van der Waals surface area (Å²) in [6, 6.07) is 0. The summed E-state index contributed by atoms with van der Waals surface area (Å²) < 4.78 is 0. The lowest BCUT2D eigenvalue weighted by atomic mass is 9.42. The molecule has 0 bridgehead atoms. The quantitative estimate of drug-likeness (QED) is 0.505. The fourth-order valence-electron chi connectivity index (χ4n) is 9.32. The zero-order valence-corrected chi connectivity index (χ0v) is 20.6. The second-order valence-electron chi connectivity index (χ2n) is 13.2. The van der Waals surface area contributed by atoms with Gasteiger partial charge < -0.3 is 20.4 Å². The number of hydrogen-bond donors (Lipinski definition) is 4. The van der Waals surface area contributed by atoms with Crippen molar-refractivity contribution in [3.05, 3.63) is 0 Å². The molecular weight excluding hydrogens is 388 g/mol. The van der Waals surface area contributed by atoms with Gasteiger partial charge in [-0.05, 0) is 107 Å². The van der Waals surface area contributed by atoms with Crippen molar-refractivity contribution >= 4 is 0 Å². The van der Waals surface area contributed by atoms with Gasteiger partial charge in [0.25, 0.3) is 0 Å². The molecule has 4 saturated carbocycles. The smallest absolute Gasteiger partial charge is 0.109 e. The van der Waals surface area contributed by atoms with Gasteiger partial charge in [-0.15, -0.1) is 0 Å². The van der Waals surface area contributed by atoms with Gasteiger partial charge in [0.15, 0.2) is 0 Å². The van der Waals surface area contributed by atoms with Crippen LogP contribution in [0, 0.1) is 40.4 Å². The van der Waals surface area contributed by atoms with Gasteiger partial charge in [0.2, 0.25) is 0 Å². The third kappa shape index (κ3) is 3.72. The predicted molar refractivity (Wildman–Crippen MR) is 123 cm³/mol. The van der Waals surface area contributed by atoms with Crippen molar-refractivity contribution in [2.45, 2.75) is 129 Å². The minimum Gasteiger partial charge on any atom is -0.390 e. The van der Waals surface area contributed by atoms with Crippen molar-refractivity contribution in [2.24, 2.45) is 40.4 Å². The van der Waals surface area contributed by atoms with Crippen LogP contribution in [0.4, 0.5) is 0 Å². The standard InChI is InChI=1S/C27H48O4/c1-17(7-6-13-24(2,3)30)19-8-9-20-18-10-16-27(31)23(29)22(28)12-15-26(27,5)21(18)11-14-25(19,20)4/h17-23,28-31H,6-16H2,1-5H3/t17-,18+,19-,20+,21+,22+,23+,25-,26-,27-/m1/s1. The second kappa shape index (κ2) is 7.96. The number of aliphatic hydroxyl groups is 4. The number of aliphatic hydroxyl groups excluding tert-OH is 2. The third-order valence-electron chi connectivity index (χ3n) is 11.1. The topological polar surface area (TPSA) is 80.9 Å². The lowest BCUT2D eigenvalue weighted by Crippen LogP contribution is -2.69. The Balaban J connectivity index is 1.49. The molecule has 10 atom stereocenters. The number of fused-ring (bicyclic) bond motifs is 5. The molecule has 0 aromatic rings. The summed E-state index contributed by atoms with van der Waals surface area (Å²) in [7, 11) is 0. The fourth-order valence-corrected chi connectivity index (χ4v) is 9.32. The molecule has 4 heteroatoms. The van der Waals surface area contributed by atoms with E-state index in [-0.39, 0.29) is 5.41 Å². The molecule has 0 radical (unpaired) electrons. The molecule has 0 unspecified atom stereocenters. The fraction of sp³-hybridized carbons (Fsp3) is 1.00. The van der Waals surface area contributed by atoms with Gasteiger partial charge in [-0.2, -0.15) is 0 Å². The van der Waals surface area contributed by atoms with E-state index in [0.717, 1.165) is 43.9 Å². The third-order valence-corrected chi connectivity index (χ3v) is 11.1. The van der Waals surface area contributed by atoms with Crippen LogP contribution in [0.25, 0.3) is 0 Å². The Morgan fingerprint density at radius 1 is 0.935 bits per heavy atom. The van der Waals surface area contributed by atoms with E-state index in [1.165, 1.54) is 25.7 Å². The average Bonchev–Trinajstić information content (AvgIpc) is 3.03. The number of rotatable bonds is 5. The summed E-state index contributed by atoms with van der Waals surface area (Å²) in [6.45, 7) is 11.0. The van der Waals surface area contributed by atoms with Crippen LogP contribution in [0.5, 0.6) is 0 Å². The molecular formula is C27H48O4. The summed E-state index contributed by atoms with van der Waals surface area (Å²) in [5, 5.41) is 42.7. The summed E-state index contributed by atoms with van der Waals surface area (Å²) in [4.78, 5) is 0. The van der Waals surface area contributed by atoms with Gasteiger partial charge >= 0.3 is 0 Å². The molecule has 4 N–H and O–H groups in total. The first-order valence-corrected chi connectivity index (χ1v) is 13.1. The molecule has 0 aliphatic heterocycles. The molecule has 4 aliphatic carbocycles. The highest BCUT2D eigenvalue weighted by atomic mass is 16.4. The lowest BCUT2D eigenvalue weighted by Gasteiger charge is -2.65. The maximum atomic E-state index is 11.6. The van der Waals surface area contributed by atoms with Gasteiger partial charge in [-0.25, -0.2) is 0 Å². The van der Waals surface area contributed by atoms with Gasteiger partial charge in [0, 0.05) is 5.41 Å². The SMILES string of the molecule is C[C@H](CCCC(C)(C)O)[C@H]1CC[C@H]2[C@@H]3CC[C@@]4(O)[C@@H](O)[C@@H](O)CC[C@]4(C)[C@H]3CC[C@]12C. The zero-order chi connectivity index (χ0) is 22.8. The van der Waals surface area contributed by atoms with Crippen LogP contribution >= 0.6 is 0 Å². The lowest BCUT2D eigenvalue weighted by molar-refractivity contribution is -0.267. The van der Waals surface area contributed by atoms with Crippen LogP contribution in [-0.4, -0.2) is 43.8 Å². The van der Waals surface area contributed by atoms with Gasteiger partial charge in [-0.1, -0.05) is 33.6 Å². The van der Waals surface area contributed by atoms with Crippen molar-refractivity contribution in [1.29, 1.82) is 0 Å². The first-order chi connectivity index (χ1) is 14.3. The van der Waals surface area contributed by atoms with E-state index in [1.807, 2.05) is 13.8 Å². The van der Waals surface area contributed by atoms with Gasteiger partial charge in [0.1, 0.15) is 6.10 Å². The van der Waals surface area contributed by atoms with E-state index in [4.69, 9.17) is 0 Å². The molecule has 0 saturated heterocycles. The van der Waals surface area contributed by atoms with Crippen molar-refractivity contribution in [2.75, 3.05) is 0 Å². The van der Waals surface area contributed by atoms with E-state index < -0.39 is 23.4 Å². The minimum absolute atomic E-state index is 0.285. The summed E-state index contributed by atoms with van der Waals surface area (Å²) >= 11 is 0. The molecule has 4 aliphatic rings. The van der Waals surface area contributed by atoms with Gasteiger partial charge in [-0.3, -0.25) is 0 Å². The predicted octanol–water partition coefficient (Wildman–Crippen LogP) is 4.67. The molecule has 4 rings (SSSR count). The first-order valence-electron chi connectivity index (χ1n) is 13.1. The molecule has 0 amide bonds. The van der Waals surface area contributed by atoms with Crippen molar-refractivity contribution < 1.29 is 20.4 Å². The van der Waals surface area contributed by atoms with E-state index in [2.05, 4.69) is 20.8 Å². The molecule has 4 fully saturated rings. The zero-order valence-electron chi connectivity index (χ0n) is 20.6. The molecule has 180 valence electrons. The Labute approximate surface area is 189 Å². The van der Waals surface area contributed by atoms with Crippen LogP contribution < -0.4 is 0 Å². The largest absolute Gasteiger partial charge is 0.390 e. The molecule has 0 aromatic carbocycles. The Bertz CT molecular complexity index is 658. The van der Waals surface area contributed by atoms with Crippen LogP contribution in [0.1, 0.15) is 105 Å². The van der Waals surface area contributed by atoms with Crippen molar-refractivity contribution in [3.8, 4) is 0 Å². The highest BCUT2D eigenvalue weighted by Crippen LogP contribution is 2.69. The van der Waals surface area contributed by atoms with Crippen molar-refractivity contribution in [1.82, 2.24) is 0 Å². The second-order valence-corrected chi connectivity index (χ2v) is 13.2. The van der Waals surface area contributed by atoms with Crippen LogP contribution in [0.2, 0.25) is 0 Å². The summed E-state index contributed by atoms with van der Waals surface area (Å²) in [5.41, 5.74) is -1.60. The first kappa shape index (κ1) is 24.0. The highest BCUT2D eigenvalue weighted by Gasteiger charge is 2.67.